The number of H-pyrrole nitrogens is 1. The SMILES string of the molecule is COc1ncc(-c2c(CN3CCN(c4cccc5[nH]ccc45)CC3)n(OC(=O)C(F)(F)F)c3cc(OC(=O)C(F)(F)F)c(OC(=O)C(F)(F)F)c(OC(=O)C(F)(F)F)c23)c(OC)n1. The van der Waals surface area contributed by atoms with Gasteiger partial charge in [0.15, 0.2) is 11.5 Å². The Morgan fingerprint density at radius 2 is 1.32 bits per heavy atom. The minimum atomic E-state index is -6.13. The molecule has 0 spiro atoms. The number of fused-ring (bicyclic) bond motifs is 2. The second-order valence-corrected chi connectivity index (χ2v) is 12.8. The molecule has 0 unspecified atom stereocenters. The molecule has 0 saturated carbocycles. The average molecular weight is 917 g/mol. The zero-order chi connectivity index (χ0) is 46.4. The average Bonchev–Trinajstić information content (AvgIpc) is 3.80. The van der Waals surface area contributed by atoms with E-state index in [1.54, 1.807) is 30.5 Å². The summed E-state index contributed by atoms with van der Waals surface area (Å²) >= 11 is 0. The number of alkyl halides is 12. The smallest absolute Gasteiger partial charge is 0.480 e. The Kier molecular flexibility index (Phi) is 12.1. The van der Waals surface area contributed by atoms with Crippen molar-refractivity contribution in [3.05, 3.63) is 48.4 Å². The standard InChI is InChI=1S/C35H24F12N6O10/c1-58-26-16(13-49-31(50-26)59-2)22-20(14-51-8-10-52(11-9-51)18-5-3-4-17-15(18)6-7-48-17)53(63-30(57)35(45,46)47)19-12-21(60-27(54)32(36,37)38)24(61-28(55)33(39,40)41)25(23(19)22)62-29(56)34(42,43)44/h3-7,12-13,48H,8-11,14H2,1-2H3. The maximum Gasteiger partial charge on any atom is 0.493 e. The molecule has 6 rings (SSSR count). The lowest BCUT2D eigenvalue weighted by molar-refractivity contribution is -0.199. The maximum absolute atomic E-state index is 13.9. The van der Waals surface area contributed by atoms with E-state index >= 15 is 0 Å². The molecule has 0 atom stereocenters. The summed E-state index contributed by atoms with van der Waals surface area (Å²) in [5.74, 6) is -20.5. The summed E-state index contributed by atoms with van der Waals surface area (Å²) in [6.07, 6.45) is -21.9. The first kappa shape index (κ1) is 45.5. The molecule has 0 bridgehead atoms. The molecule has 0 aliphatic carbocycles. The summed E-state index contributed by atoms with van der Waals surface area (Å²) in [6, 6.07) is 6.53. The number of nitrogens with zero attached hydrogens (tertiary/aromatic N) is 5. The number of esters is 3. The highest BCUT2D eigenvalue weighted by Crippen LogP contribution is 2.52. The number of carbonyl (C=O) groups is 4. The van der Waals surface area contributed by atoms with Gasteiger partial charge in [0.05, 0.1) is 36.4 Å². The molecule has 28 heteroatoms. The zero-order valence-corrected chi connectivity index (χ0v) is 31.4. The van der Waals surface area contributed by atoms with Gasteiger partial charge in [-0.15, -0.1) is 0 Å². The van der Waals surface area contributed by atoms with Crippen LogP contribution in [0.2, 0.25) is 0 Å². The first-order valence-corrected chi connectivity index (χ1v) is 17.2. The number of ether oxygens (including phenoxy) is 5. The molecule has 338 valence electrons. The molecule has 16 nitrogen and oxygen atoms in total. The van der Waals surface area contributed by atoms with Gasteiger partial charge in [-0.2, -0.15) is 62.4 Å². The van der Waals surface area contributed by atoms with Crippen LogP contribution in [0.1, 0.15) is 5.69 Å². The van der Waals surface area contributed by atoms with Gasteiger partial charge in [0.1, 0.15) is 0 Å². The van der Waals surface area contributed by atoms with Crippen molar-refractivity contribution in [3.63, 3.8) is 0 Å². The van der Waals surface area contributed by atoms with Crippen LogP contribution < -0.4 is 33.4 Å². The van der Waals surface area contributed by atoms with Crippen LogP contribution >= 0.6 is 0 Å². The number of piperazine rings is 1. The molecule has 1 aliphatic rings. The third-order valence-electron chi connectivity index (χ3n) is 8.91. The molecule has 4 heterocycles. The van der Waals surface area contributed by atoms with Crippen LogP contribution in [0.4, 0.5) is 58.4 Å². The lowest BCUT2D eigenvalue weighted by atomic mass is 10.0. The fraction of sp³-hybridized carbons (Fsp3) is 0.314. The number of benzene rings is 2. The summed E-state index contributed by atoms with van der Waals surface area (Å²) in [5, 5.41) is -0.553. The van der Waals surface area contributed by atoms with Crippen LogP contribution in [0.25, 0.3) is 32.9 Å². The van der Waals surface area contributed by atoms with E-state index in [2.05, 4.69) is 34.0 Å². The van der Waals surface area contributed by atoms with Crippen molar-refractivity contribution in [2.75, 3.05) is 45.3 Å². The van der Waals surface area contributed by atoms with Gasteiger partial charge < -0.3 is 38.4 Å². The van der Waals surface area contributed by atoms with Crippen LogP contribution in [-0.2, 0) is 25.7 Å². The lowest BCUT2D eigenvalue weighted by Crippen LogP contribution is -2.46. The second-order valence-electron chi connectivity index (χ2n) is 12.8. The van der Waals surface area contributed by atoms with E-state index in [-0.39, 0.29) is 37.0 Å². The summed E-state index contributed by atoms with van der Waals surface area (Å²) in [5.41, 5.74) is -2.24. The van der Waals surface area contributed by atoms with E-state index in [9.17, 15) is 71.9 Å². The Bertz CT molecular complexity index is 2590. The summed E-state index contributed by atoms with van der Waals surface area (Å²) in [6.45, 7) is -0.510. The van der Waals surface area contributed by atoms with Crippen LogP contribution in [0.3, 0.4) is 0 Å². The highest BCUT2D eigenvalue weighted by molar-refractivity contribution is 6.07. The van der Waals surface area contributed by atoms with Gasteiger partial charge >= 0.3 is 54.6 Å². The minimum absolute atomic E-state index is 0.0238. The van der Waals surface area contributed by atoms with Crippen molar-refractivity contribution in [1.82, 2.24) is 24.6 Å². The lowest BCUT2D eigenvalue weighted by Gasteiger charge is -2.36. The number of methoxy groups -OCH3 is 2. The van der Waals surface area contributed by atoms with E-state index in [1.165, 1.54) is 4.90 Å². The predicted molar refractivity (Wildman–Crippen MR) is 185 cm³/mol. The normalized spacial score (nSPS) is 14.2. The van der Waals surface area contributed by atoms with Crippen molar-refractivity contribution in [2.24, 2.45) is 0 Å². The minimum Gasteiger partial charge on any atom is -0.480 e. The molecule has 0 amide bonds. The zero-order valence-electron chi connectivity index (χ0n) is 31.4. The molecule has 1 N–H and O–H groups in total. The molecule has 5 aromatic rings. The summed E-state index contributed by atoms with van der Waals surface area (Å²) in [4.78, 5) is 68.0. The number of nitrogens with one attached hydrogen (secondary N) is 1. The van der Waals surface area contributed by atoms with Crippen molar-refractivity contribution in [2.45, 2.75) is 31.2 Å². The molecule has 3 aromatic heterocycles. The van der Waals surface area contributed by atoms with E-state index < -0.39 is 112 Å². The van der Waals surface area contributed by atoms with Gasteiger partial charge in [0.2, 0.25) is 11.6 Å². The Morgan fingerprint density at radius 3 is 1.89 bits per heavy atom. The van der Waals surface area contributed by atoms with Crippen LogP contribution in [-0.4, -0.2) is 114 Å². The Labute approximate surface area is 341 Å². The molecular weight excluding hydrogens is 892 g/mol. The Hall–Kier alpha value is -7.00. The summed E-state index contributed by atoms with van der Waals surface area (Å²) in [7, 11) is 1.95. The first-order chi connectivity index (χ1) is 29.3. The van der Waals surface area contributed by atoms with Crippen LogP contribution in [0, 0.1) is 0 Å². The molecular formula is C35H24F12N6O10. The molecule has 0 radical (unpaired) electrons. The number of hydrogen-bond acceptors (Lipinski definition) is 14. The van der Waals surface area contributed by atoms with Gasteiger partial charge in [0.25, 0.3) is 0 Å². The largest absolute Gasteiger partial charge is 0.493 e. The molecule has 63 heavy (non-hydrogen) atoms. The topological polar surface area (TPSA) is 177 Å². The van der Waals surface area contributed by atoms with Gasteiger partial charge in [-0.25, -0.2) is 24.2 Å². The maximum atomic E-state index is 13.9. The van der Waals surface area contributed by atoms with E-state index in [1.807, 2.05) is 4.90 Å². The quantitative estimate of drug-likeness (QED) is 0.100. The number of hydrogen-bond donors (Lipinski definition) is 1. The van der Waals surface area contributed by atoms with Crippen molar-refractivity contribution in [1.29, 1.82) is 0 Å². The second kappa shape index (κ2) is 16.7. The van der Waals surface area contributed by atoms with E-state index in [4.69, 9.17) is 9.47 Å². The van der Waals surface area contributed by atoms with Gasteiger partial charge in [0, 0.05) is 73.3 Å². The molecule has 1 fully saturated rings. The van der Waals surface area contributed by atoms with Crippen molar-refractivity contribution >= 4 is 51.4 Å². The third-order valence-corrected chi connectivity index (χ3v) is 8.91. The van der Waals surface area contributed by atoms with Gasteiger partial charge in [-0.3, -0.25) is 4.90 Å². The van der Waals surface area contributed by atoms with Crippen LogP contribution in [0.15, 0.2) is 42.7 Å². The van der Waals surface area contributed by atoms with Crippen molar-refractivity contribution in [3.8, 4) is 40.3 Å². The predicted octanol–water partition coefficient (Wildman–Crippen LogP) is 5.84. The fourth-order valence-electron chi connectivity index (χ4n) is 6.28. The van der Waals surface area contributed by atoms with Gasteiger partial charge in [-0.05, 0) is 18.2 Å². The Balaban J connectivity index is 1.70. The first-order valence-electron chi connectivity index (χ1n) is 17.2. The van der Waals surface area contributed by atoms with E-state index in [0.717, 1.165) is 37.0 Å². The van der Waals surface area contributed by atoms with Crippen molar-refractivity contribution < 1.29 is 100 Å². The number of halogens is 12. The monoisotopic (exact) mass is 916 g/mol. The number of aromatic nitrogens is 4. The fourth-order valence-corrected chi connectivity index (χ4v) is 6.28. The highest BCUT2D eigenvalue weighted by atomic mass is 19.4. The molecule has 1 saturated heterocycles. The molecule has 2 aromatic carbocycles. The van der Waals surface area contributed by atoms with E-state index in [0.29, 0.717) is 0 Å². The number of carbonyl (C=O) groups excluding carboxylic acids is 4. The van der Waals surface area contributed by atoms with Gasteiger partial charge in [-0.1, -0.05) is 6.07 Å². The number of rotatable bonds is 10. The van der Waals surface area contributed by atoms with Crippen LogP contribution in [0.5, 0.6) is 29.1 Å². The third kappa shape index (κ3) is 9.43. The Morgan fingerprint density at radius 1 is 0.730 bits per heavy atom. The number of anilines is 1. The highest BCUT2D eigenvalue weighted by Gasteiger charge is 2.49. The molecule has 1 aliphatic heterocycles. The summed E-state index contributed by atoms with van der Waals surface area (Å²) < 4.78 is 187. The number of aromatic amines is 1.